The van der Waals surface area contributed by atoms with Crippen LogP contribution in [0.25, 0.3) is 6.08 Å². The molecule has 0 radical (unpaired) electrons. The first kappa shape index (κ1) is 23.9. The molecule has 0 bridgehead atoms. The van der Waals surface area contributed by atoms with Crippen LogP contribution in [0.1, 0.15) is 36.8 Å². The van der Waals surface area contributed by atoms with Crippen molar-refractivity contribution in [2.24, 2.45) is 5.92 Å². The number of hydrogen-bond donors (Lipinski definition) is 2. The number of nitrogens with one attached hydrogen (secondary N) is 1. The van der Waals surface area contributed by atoms with Gasteiger partial charge in [0.2, 0.25) is 5.91 Å². The Morgan fingerprint density at radius 2 is 1.77 bits per heavy atom. The number of hydrogen-bond acceptors (Lipinski definition) is 4. The molecule has 5 nitrogen and oxygen atoms in total. The van der Waals surface area contributed by atoms with Crippen molar-refractivity contribution in [1.29, 1.82) is 0 Å². The van der Waals surface area contributed by atoms with E-state index in [9.17, 15) is 18.7 Å². The lowest BCUT2D eigenvalue weighted by Crippen LogP contribution is -2.48. The smallest absolute Gasteiger partial charge is 0.246 e. The maximum atomic E-state index is 13.3. The summed E-state index contributed by atoms with van der Waals surface area (Å²) >= 11 is 0. The topological polar surface area (TPSA) is 55.8 Å². The number of nitrogens with zero attached hydrogens (tertiary/aromatic N) is 2. The van der Waals surface area contributed by atoms with Gasteiger partial charge in [0, 0.05) is 49.4 Å². The lowest BCUT2D eigenvalue weighted by atomic mass is 9.74. The van der Waals surface area contributed by atoms with E-state index in [2.05, 4.69) is 34.5 Å². The van der Waals surface area contributed by atoms with E-state index in [-0.39, 0.29) is 17.2 Å². The molecule has 7 heteroatoms. The zero-order valence-electron chi connectivity index (χ0n) is 19.9. The van der Waals surface area contributed by atoms with Crippen LogP contribution in [0.3, 0.4) is 0 Å². The van der Waals surface area contributed by atoms with E-state index < -0.39 is 17.7 Å². The van der Waals surface area contributed by atoms with Crippen molar-refractivity contribution in [2.75, 3.05) is 44.6 Å². The molecule has 0 aliphatic carbocycles. The standard InChI is InChI=1S/C28H33F2N3O2/c29-22-15-20(16-23(30)17-22)5-6-27(35)33-11-7-21(8-12-33)26(34)18-32-13-9-28(10-14-32)19-31-25-4-2-1-3-24(25)28/h1-6,15-17,21,26,31,34H,7-14,18-19H2/t26-/m1/s1. The Kier molecular flexibility index (Phi) is 6.89. The number of β-amino-alcohol motifs (C(OH)–C–C–N with tert-alkyl or cyclic N) is 1. The summed E-state index contributed by atoms with van der Waals surface area (Å²) < 4.78 is 26.7. The summed E-state index contributed by atoms with van der Waals surface area (Å²) in [5, 5.41) is 14.5. The van der Waals surface area contributed by atoms with Gasteiger partial charge in [0.15, 0.2) is 0 Å². The number of carbonyl (C=O) groups is 1. The van der Waals surface area contributed by atoms with Gasteiger partial charge in [-0.15, -0.1) is 0 Å². The van der Waals surface area contributed by atoms with Crippen molar-refractivity contribution in [3.05, 3.63) is 71.3 Å². The van der Waals surface area contributed by atoms with Crippen LogP contribution in [-0.2, 0) is 10.2 Å². The number of benzene rings is 2. The van der Waals surface area contributed by atoms with Crippen molar-refractivity contribution < 1.29 is 18.7 Å². The highest BCUT2D eigenvalue weighted by Crippen LogP contribution is 2.43. The van der Waals surface area contributed by atoms with Crippen LogP contribution < -0.4 is 5.32 Å². The molecule has 2 aromatic rings. The Balaban J connectivity index is 1.08. The lowest BCUT2D eigenvalue weighted by Gasteiger charge is -2.41. The van der Waals surface area contributed by atoms with E-state index >= 15 is 0 Å². The number of anilines is 1. The highest BCUT2D eigenvalue weighted by Gasteiger charge is 2.41. The molecule has 1 amide bonds. The first-order valence-corrected chi connectivity index (χ1v) is 12.6. The first-order chi connectivity index (χ1) is 16.9. The Morgan fingerprint density at radius 1 is 1.09 bits per heavy atom. The second kappa shape index (κ2) is 10.1. The van der Waals surface area contributed by atoms with Gasteiger partial charge in [-0.25, -0.2) is 8.78 Å². The number of aliphatic hydroxyl groups excluding tert-OH is 1. The van der Waals surface area contributed by atoms with Crippen molar-refractivity contribution in [2.45, 2.75) is 37.2 Å². The van der Waals surface area contributed by atoms with Gasteiger partial charge in [-0.3, -0.25) is 4.79 Å². The van der Waals surface area contributed by atoms with Crippen LogP contribution in [0.5, 0.6) is 0 Å². The van der Waals surface area contributed by atoms with Gasteiger partial charge in [-0.2, -0.15) is 0 Å². The zero-order valence-corrected chi connectivity index (χ0v) is 19.9. The third-order valence-electron chi connectivity index (χ3n) is 8.07. The average Bonchev–Trinajstić information content (AvgIpc) is 3.22. The van der Waals surface area contributed by atoms with Crippen LogP contribution >= 0.6 is 0 Å². The molecule has 3 heterocycles. The number of rotatable bonds is 5. The fraction of sp³-hybridized carbons (Fsp3) is 0.464. The quantitative estimate of drug-likeness (QED) is 0.633. The van der Waals surface area contributed by atoms with Gasteiger partial charge in [0.25, 0.3) is 0 Å². The Hall–Kier alpha value is -2.77. The van der Waals surface area contributed by atoms with E-state index in [1.165, 1.54) is 35.5 Å². The summed E-state index contributed by atoms with van der Waals surface area (Å²) in [6.45, 7) is 4.79. The highest BCUT2D eigenvalue weighted by molar-refractivity contribution is 5.91. The van der Waals surface area contributed by atoms with Gasteiger partial charge >= 0.3 is 0 Å². The number of amides is 1. The molecule has 35 heavy (non-hydrogen) atoms. The number of para-hydroxylation sites is 1. The third-order valence-corrected chi connectivity index (χ3v) is 8.07. The molecular formula is C28H33F2N3O2. The van der Waals surface area contributed by atoms with Gasteiger partial charge in [-0.05, 0) is 80.1 Å². The molecule has 0 saturated carbocycles. The average molecular weight is 482 g/mol. The number of halogens is 2. The van der Waals surface area contributed by atoms with Crippen LogP contribution in [-0.4, -0.2) is 66.2 Å². The number of carbonyl (C=O) groups excluding carboxylic acids is 1. The largest absolute Gasteiger partial charge is 0.392 e. The number of piperidine rings is 2. The molecule has 1 atom stereocenters. The summed E-state index contributed by atoms with van der Waals surface area (Å²) in [6, 6.07) is 11.8. The monoisotopic (exact) mass is 481 g/mol. The predicted octanol–water partition coefficient (Wildman–Crippen LogP) is 4.04. The molecule has 1 spiro atoms. The number of fused-ring (bicyclic) bond motifs is 2. The van der Waals surface area contributed by atoms with Gasteiger partial charge in [0.05, 0.1) is 6.10 Å². The third kappa shape index (κ3) is 5.26. The molecule has 2 N–H and O–H groups in total. The normalized spacial score (nSPS) is 21.3. The fourth-order valence-electron chi connectivity index (χ4n) is 5.93. The van der Waals surface area contributed by atoms with E-state index in [0.717, 1.165) is 51.4 Å². The molecule has 0 unspecified atom stereocenters. The van der Waals surface area contributed by atoms with Gasteiger partial charge in [0.1, 0.15) is 11.6 Å². The SMILES string of the molecule is O=C(C=Cc1cc(F)cc(F)c1)N1CCC([C@H](O)CN2CCC3(CC2)CNc2ccccc23)CC1. The van der Waals surface area contributed by atoms with E-state index in [4.69, 9.17) is 0 Å². The van der Waals surface area contributed by atoms with E-state index in [1.807, 2.05) is 0 Å². The van der Waals surface area contributed by atoms with Gasteiger partial charge in [-0.1, -0.05) is 18.2 Å². The maximum absolute atomic E-state index is 13.3. The summed E-state index contributed by atoms with van der Waals surface area (Å²) in [5.41, 5.74) is 3.24. The van der Waals surface area contributed by atoms with Crippen molar-refractivity contribution in [3.8, 4) is 0 Å². The highest BCUT2D eigenvalue weighted by atomic mass is 19.1. The number of likely N-dealkylation sites (tertiary alicyclic amines) is 2. The van der Waals surface area contributed by atoms with Crippen molar-refractivity contribution in [1.82, 2.24) is 9.80 Å². The second-order valence-corrected chi connectivity index (χ2v) is 10.2. The minimum Gasteiger partial charge on any atom is -0.392 e. The molecular weight excluding hydrogens is 448 g/mol. The summed E-state index contributed by atoms with van der Waals surface area (Å²) in [6.07, 6.45) is 6.10. The predicted molar refractivity (Wildman–Crippen MR) is 133 cm³/mol. The van der Waals surface area contributed by atoms with Gasteiger partial charge < -0.3 is 20.2 Å². The maximum Gasteiger partial charge on any atom is 0.246 e. The Morgan fingerprint density at radius 3 is 2.49 bits per heavy atom. The summed E-state index contributed by atoms with van der Waals surface area (Å²) in [5.74, 6) is -1.33. The summed E-state index contributed by atoms with van der Waals surface area (Å²) in [7, 11) is 0. The van der Waals surface area contributed by atoms with Crippen LogP contribution in [0.15, 0.2) is 48.5 Å². The molecule has 3 aliphatic rings. The van der Waals surface area contributed by atoms with Crippen LogP contribution in [0.4, 0.5) is 14.5 Å². The fourth-order valence-corrected chi connectivity index (χ4v) is 5.93. The molecule has 5 rings (SSSR count). The van der Waals surface area contributed by atoms with Crippen LogP contribution in [0.2, 0.25) is 0 Å². The Bertz CT molecular complexity index is 1070. The zero-order chi connectivity index (χ0) is 24.4. The first-order valence-electron chi connectivity index (χ1n) is 12.6. The minimum atomic E-state index is -0.666. The minimum absolute atomic E-state index is 0.171. The molecule has 2 aromatic carbocycles. The molecule has 186 valence electrons. The van der Waals surface area contributed by atoms with Crippen molar-refractivity contribution in [3.63, 3.8) is 0 Å². The lowest BCUT2D eigenvalue weighted by molar-refractivity contribution is -0.128. The Labute approximate surface area is 205 Å². The second-order valence-electron chi connectivity index (χ2n) is 10.2. The summed E-state index contributed by atoms with van der Waals surface area (Å²) in [4.78, 5) is 16.6. The molecule has 3 aliphatic heterocycles. The number of aliphatic hydroxyl groups is 1. The molecule has 2 fully saturated rings. The van der Waals surface area contributed by atoms with E-state index in [0.29, 0.717) is 25.2 Å². The molecule has 2 saturated heterocycles. The van der Waals surface area contributed by atoms with Crippen LogP contribution in [0, 0.1) is 17.6 Å². The van der Waals surface area contributed by atoms with E-state index in [1.54, 1.807) is 4.90 Å². The molecule has 0 aromatic heterocycles. The van der Waals surface area contributed by atoms with Crippen molar-refractivity contribution >= 4 is 17.7 Å².